The second-order valence-electron chi connectivity index (χ2n) is 6.08. The van der Waals surface area contributed by atoms with E-state index in [-0.39, 0.29) is 5.60 Å². The maximum Gasteiger partial charge on any atom is 0.0710 e. The smallest absolute Gasteiger partial charge is 0.0710 e. The van der Waals surface area contributed by atoms with Gasteiger partial charge in [0, 0.05) is 18.5 Å². The third-order valence-corrected chi connectivity index (χ3v) is 4.53. The molecule has 0 spiro atoms. The van der Waals surface area contributed by atoms with Gasteiger partial charge in [0.15, 0.2) is 0 Å². The van der Waals surface area contributed by atoms with Crippen LogP contribution in [0.5, 0.6) is 0 Å². The van der Waals surface area contributed by atoms with Crippen LogP contribution in [0, 0.1) is 5.92 Å². The van der Waals surface area contributed by atoms with Crippen LogP contribution in [0.15, 0.2) is 0 Å². The van der Waals surface area contributed by atoms with Crippen molar-refractivity contribution >= 4 is 11.6 Å². The molecule has 2 fully saturated rings. The van der Waals surface area contributed by atoms with E-state index in [0.717, 1.165) is 13.1 Å². The van der Waals surface area contributed by atoms with Crippen LogP contribution in [0.2, 0.25) is 0 Å². The van der Waals surface area contributed by atoms with E-state index in [2.05, 4.69) is 25.7 Å². The quantitative estimate of drug-likeness (QED) is 0.694. The molecule has 2 aliphatic heterocycles. The second kappa shape index (κ2) is 4.83. The molecule has 0 N–H and O–H groups in total. The Morgan fingerprint density at radius 2 is 2.12 bits per heavy atom. The van der Waals surface area contributed by atoms with Gasteiger partial charge >= 0.3 is 0 Å². The lowest BCUT2D eigenvalue weighted by Crippen LogP contribution is -2.44. The number of piperidine rings is 1. The van der Waals surface area contributed by atoms with Crippen molar-refractivity contribution in [1.82, 2.24) is 4.90 Å². The summed E-state index contributed by atoms with van der Waals surface area (Å²) >= 11 is 6.32. The van der Waals surface area contributed by atoms with Gasteiger partial charge in [0.2, 0.25) is 0 Å². The average Bonchev–Trinajstić information content (AvgIpc) is 2.52. The fourth-order valence-electron chi connectivity index (χ4n) is 2.74. The third kappa shape index (κ3) is 3.12. The van der Waals surface area contributed by atoms with E-state index in [1.165, 1.54) is 25.8 Å². The summed E-state index contributed by atoms with van der Waals surface area (Å²) in [5, 5.41) is 0.322. The first-order valence-corrected chi connectivity index (χ1v) is 6.94. The zero-order valence-electron chi connectivity index (χ0n) is 10.7. The van der Waals surface area contributed by atoms with E-state index in [1.54, 1.807) is 0 Å². The highest BCUT2D eigenvalue weighted by molar-refractivity contribution is 6.21. The van der Waals surface area contributed by atoms with Gasteiger partial charge in [-0.2, -0.15) is 0 Å². The number of likely N-dealkylation sites (tertiary alicyclic amines) is 1. The number of nitrogens with zero attached hydrogens (tertiary/aromatic N) is 1. The molecule has 0 aliphatic carbocycles. The minimum atomic E-state index is 0.0914. The van der Waals surface area contributed by atoms with Gasteiger partial charge in [-0.05, 0) is 45.6 Å². The summed E-state index contributed by atoms with van der Waals surface area (Å²) in [6.45, 7) is 9.92. The zero-order chi connectivity index (χ0) is 11.8. The Kier molecular flexibility index (Phi) is 3.82. The normalized spacial score (nSPS) is 40.1. The maximum atomic E-state index is 6.32. The fraction of sp³-hybridized carbons (Fsp3) is 1.00. The molecule has 0 aromatic rings. The molecular weight excluding hydrogens is 222 g/mol. The topological polar surface area (TPSA) is 12.5 Å². The summed E-state index contributed by atoms with van der Waals surface area (Å²) in [5.74, 6) is 0.666. The van der Waals surface area contributed by atoms with Crippen LogP contribution in [0.3, 0.4) is 0 Å². The summed E-state index contributed by atoms with van der Waals surface area (Å²) in [6.07, 6.45) is 4.04. The average molecular weight is 246 g/mol. The Bertz CT molecular complexity index is 244. The molecule has 2 rings (SSSR count). The van der Waals surface area contributed by atoms with Gasteiger partial charge in [0.05, 0.1) is 11.7 Å². The van der Waals surface area contributed by atoms with Crippen LogP contribution < -0.4 is 0 Å². The number of rotatable bonds is 2. The van der Waals surface area contributed by atoms with E-state index >= 15 is 0 Å². The molecular formula is C13H24ClNO. The highest BCUT2D eigenvalue weighted by atomic mass is 35.5. The Morgan fingerprint density at radius 3 is 2.69 bits per heavy atom. The maximum absolute atomic E-state index is 6.32. The summed E-state index contributed by atoms with van der Waals surface area (Å²) in [7, 11) is 0. The number of halogens is 1. The number of ether oxygens (including phenoxy) is 1. The minimum absolute atomic E-state index is 0.0914. The number of alkyl halides is 1. The van der Waals surface area contributed by atoms with Crippen molar-refractivity contribution in [3.05, 3.63) is 0 Å². The first kappa shape index (κ1) is 12.7. The van der Waals surface area contributed by atoms with Crippen LogP contribution in [-0.2, 0) is 4.74 Å². The zero-order valence-corrected chi connectivity index (χ0v) is 11.5. The van der Waals surface area contributed by atoms with Crippen molar-refractivity contribution in [3.8, 4) is 0 Å². The lowest BCUT2D eigenvalue weighted by molar-refractivity contribution is -0.0314. The van der Waals surface area contributed by atoms with Crippen molar-refractivity contribution < 1.29 is 4.74 Å². The molecule has 2 aliphatic rings. The molecule has 16 heavy (non-hydrogen) atoms. The Hall–Kier alpha value is 0.210. The second-order valence-corrected chi connectivity index (χ2v) is 6.64. The molecule has 0 saturated carbocycles. The molecule has 94 valence electrons. The van der Waals surface area contributed by atoms with Gasteiger partial charge in [-0.1, -0.05) is 6.92 Å². The minimum Gasteiger partial charge on any atom is -0.371 e. The van der Waals surface area contributed by atoms with Crippen LogP contribution in [0.4, 0.5) is 0 Å². The van der Waals surface area contributed by atoms with Crippen LogP contribution in [0.25, 0.3) is 0 Å². The molecule has 2 nitrogen and oxygen atoms in total. The first-order valence-electron chi connectivity index (χ1n) is 6.50. The van der Waals surface area contributed by atoms with E-state index in [1.807, 2.05) is 0 Å². The molecule has 3 heteroatoms. The molecule has 3 atom stereocenters. The molecule has 3 unspecified atom stereocenters. The van der Waals surface area contributed by atoms with Crippen molar-refractivity contribution in [2.45, 2.75) is 57.1 Å². The largest absolute Gasteiger partial charge is 0.371 e. The fourth-order valence-corrected chi connectivity index (χ4v) is 3.07. The Balaban J connectivity index is 1.78. The SMILES string of the molecule is CC1CCN(CC2CCC(C)(C)O2)CC1Cl. The predicted octanol–water partition coefficient (Wildman–Crippen LogP) is 2.89. The standard InChI is InChI=1S/C13H24ClNO/c1-10-5-7-15(9-12(10)14)8-11-4-6-13(2,3)16-11/h10-12H,4-9H2,1-3H3. The third-order valence-electron chi connectivity index (χ3n) is 3.97. The molecule has 0 amide bonds. The van der Waals surface area contributed by atoms with Gasteiger partial charge in [-0.15, -0.1) is 11.6 Å². The van der Waals surface area contributed by atoms with Crippen molar-refractivity contribution in [2.75, 3.05) is 19.6 Å². The van der Waals surface area contributed by atoms with Gasteiger partial charge in [-0.3, -0.25) is 4.90 Å². The summed E-state index contributed by atoms with van der Waals surface area (Å²) in [6, 6.07) is 0. The summed E-state index contributed by atoms with van der Waals surface area (Å²) in [4.78, 5) is 2.48. The van der Waals surface area contributed by atoms with Crippen molar-refractivity contribution in [1.29, 1.82) is 0 Å². The Morgan fingerprint density at radius 1 is 1.38 bits per heavy atom. The van der Waals surface area contributed by atoms with Gasteiger partial charge in [0.1, 0.15) is 0 Å². The van der Waals surface area contributed by atoms with E-state index < -0.39 is 0 Å². The molecule has 0 aromatic carbocycles. The Labute approximate surface area is 104 Å². The number of hydrogen-bond donors (Lipinski definition) is 0. The van der Waals surface area contributed by atoms with E-state index in [9.17, 15) is 0 Å². The molecule has 2 heterocycles. The predicted molar refractivity (Wildman–Crippen MR) is 68.0 cm³/mol. The highest BCUT2D eigenvalue weighted by Crippen LogP contribution is 2.31. The summed E-state index contributed by atoms with van der Waals surface area (Å²) < 4.78 is 6.03. The van der Waals surface area contributed by atoms with E-state index in [0.29, 0.717) is 17.4 Å². The molecule has 0 radical (unpaired) electrons. The monoisotopic (exact) mass is 245 g/mol. The van der Waals surface area contributed by atoms with Gasteiger partial charge in [0.25, 0.3) is 0 Å². The van der Waals surface area contributed by atoms with Crippen LogP contribution >= 0.6 is 11.6 Å². The molecule has 0 bridgehead atoms. The van der Waals surface area contributed by atoms with Crippen molar-refractivity contribution in [3.63, 3.8) is 0 Å². The van der Waals surface area contributed by atoms with Gasteiger partial charge < -0.3 is 4.74 Å². The molecule has 2 saturated heterocycles. The van der Waals surface area contributed by atoms with Crippen molar-refractivity contribution in [2.24, 2.45) is 5.92 Å². The lowest BCUT2D eigenvalue weighted by atomic mass is 9.98. The highest BCUT2D eigenvalue weighted by Gasteiger charge is 2.34. The molecule has 0 aromatic heterocycles. The number of hydrogen-bond acceptors (Lipinski definition) is 2. The van der Waals surface area contributed by atoms with Crippen LogP contribution in [0.1, 0.15) is 40.0 Å². The van der Waals surface area contributed by atoms with Crippen LogP contribution in [-0.4, -0.2) is 41.6 Å². The summed E-state index contributed by atoms with van der Waals surface area (Å²) in [5.41, 5.74) is 0.0914. The first-order chi connectivity index (χ1) is 7.46. The lowest BCUT2D eigenvalue weighted by Gasteiger charge is -2.35. The van der Waals surface area contributed by atoms with E-state index in [4.69, 9.17) is 16.3 Å². The van der Waals surface area contributed by atoms with Gasteiger partial charge in [-0.25, -0.2) is 0 Å².